The van der Waals surface area contributed by atoms with Crippen LogP contribution in [0, 0.1) is 13.8 Å². The van der Waals surface area contributed by atoms with Crippen LogP contribution in [-0.2, 0) is 4.74 Å². The summed E-state index contributed by atoms with van der Waals surface area (Å²) in [5, 5.41) is 19.1. The molecule has 0 radical (unpaired) electrons. The van der Waals surface area contributed by atoms with Crippen molar-refractivity contribution in [2.75, 3.05) is 12.3 Å². The number of aromatic nitrogens is 4. The highest BCUT2D eigenvalue weighted by Gasteiger charge is 2.36. The van der Waals surface area contributed by atoms with E-state index in [4.69, 9.17) is 10.5 Å². The molecule has 3 heterocycles. The molecule has 2 aromatic heterocycles. The van der Waals surface area contributed by atoms with Gasteiger partial charge < -0.3 is 20.7 Å². The first-order valence-electron chi connectivity index (χ1n) is 6.89. The van der Waals surface area contributed by atoms with Crippen molar-refractivity contribution in [2.24, 2.45) is 0 Å². The highest BCUT2D eigenvalue weighted by Crippen LogP contribution is 2.29. The molecule has 9 heteroatoms. The van der Waals surface area contributed by atoms with Gasteiger partial charge in [0.25, 0.3) is 5.56 Å². The number of ether oxygens (including phenoxy) is 1. The zero-order valence-corrected chi connectivity index (χ0v) is 12.2. The Morgan fingerprint density at radius 3 is 2.73 bits per heavy atom. The van der Waals surface area contributed by atoms with Crippen molar-refractivity contribution >= 4 is 17.0 Å². The lowest BCUT2D eigenvalue weighted by Crippen LogP contribution is -2.30. The fourth-order valence-corrected chi connectivity index (χ4v) is 2.64. The number of nitrogen functional groups attached to an aromatic ring is 1. The number of aliphatic hydroxyl groups is 2. The second kappa shape index (κ2) is 5.27. The Kier molecular flexibility index (Phi) is 3.55. The van der Waals surface area contributed by atoms with E-state index in [1.165, 1.54) is 4.57 Å². The van der Waals surface area contributed by atoms with E-state index in [2.05, 4.69) is 15.0 Å². The lowest BCUT2D eigenvalue weighted by molar-refractivity contribution is -0.0442. The predicted octanol–water partition coefficient (Wildman–Crippen LogP) is -0.974. The second-order valence-electron chi connectivity index (χ2n) is 5.32. The monoisotopic (exact) mass is 307 g/mol. The Morgan fingerprint density at radius 1 is 1.36 bits per heavy atom. The molecule has 118 valence electrons. The number of nitrogens with zero attached hydrogens (tertiary/aromatic N) is 4. The van der Waals surface area contributed by atoms with Crippen LogP contribution in [0.1, 0.15) is 24.2 Å². The smallest absolute Gasteiger partial charge is 0.275 e. The van der Waals surface area contributed by atoms with Gasteiger partial charge in [0.2, 0.25) is 0 Å². The van der Waals surface area contributed by atoms with Crippen molar-refractivity contribution in [3.8, 4) is 0 Å². The summed E-state index contributed by atoms with van der Waals surface area (Å²) >= 11 is 0. The number of anilines is 1. The Labute approximate surface area is 125 Å². The molecule has 0 saturated carbocycles. The summed E-state index contributed by atoms with van der Waals surface area (Å²) < 4.78 is 6.89. The quantitative estimate of drug-likeness (QED) is 0.644. The Hall–Kier alpha value is -2.10. The van der Waals surface area contributed by atoms with Crippen LogP contribution in [0.15, 0.2) is 4.79 Å². The van der Waals surface area contributed by atoms with Gasteiger partial charge >= 0.3 is 0 Å². The molecule has 0 amide bonds. The minimum absolute atomic E-state index is 0.173. The molecule has 1 saturated heterocycles. The number of aliphatic hydroxyl groups excluding tert-OH is 2. The molecule has 1 aliphatic rings. The van der Waals surface area contributed by atoms with Crippen LogP contribution in [-0.4, -0.2) is 48.5 Å². The van der Waals surface area contributed by atoms with E-state index in [-0.39, 0.29) is 35.7 Å². The topological polar surface area (TPSA) is 136 Å². The molecule has 22 heavy (non-hydrogen) atoms. The van der Waals surface area contributed by atoms with Crippen LogP contribution in [0.25, 0.3) is 11.2 Å². The Balaban J connectivity index is 2.24. The molecule has 0 spiro atoms. The molecule has 0 aromatic carbocycles. The van der Waals surface area contributed by atoms with Crippen molar-refractivity contribution in [3.05, 3.63) is 21.9 Å². The highest BCUT2D eigenvalue weighted by molar-refractivity contribution is 5.81. The SMILES string of the molecule is Cc1nc(N)c2nc(C)c(=O)n([C@H]3C[C@@H](O)[C@@H](CO)O3)c2n1. The van der Waals surface area contributed by atoms with Gasteiger partial charge in [-0.25, -0.2) is 15.0 Å². The maximum absolute atomic E-state index is 12.5. The van der Waals surface area contributed by atoms with Gasteiger partial charge in [0.15, 0.2) is 11.5 Å². The van der Waals surface area contributed by atoms with E-state index < -0.39 is 18.4 Å². The summed E-state index contributed by atoms with van der Waals surface area (Å²) in [6, 6.07) is 0. The number of hydrogen-bond donors (Lipinski definition) is 3. The third-order valence-corrected chi connectivity index (χ3v) is 3.71. The number of hydrogen-bond acceptors (Lipinski definition) is 8. The molecule has 3 atom stereocenters. The zero-order chi connectivity index (χ0) is 16.0. The normalized spacial score (nSPS) is 25.0. The van der Waals surface area contributed by atoms with Crippen LogP contribution >= 0.6 is 0 Å². The molecular formula is C13H17N5O4. The van der Waals surface area contributed by atoms with Gasteiger partial charge in [0, 0.05) is 6.42 Å². The van der Waals surface area contributed by atoms with E-state index in [0.717, 1.165) is 0 Å². The van der Waals surface area contributed by atoms with Crippen LogP contribution in [0.2, 0.25) is 0 Å². The highest BCUT2D eigenvalue weighted by atomic mass is 16.5. The predicted molar refractivity (Wildman–Crippen MR) is 77.1 cm³/mol. The molecule has 3 rings (SSSR count). The van der Waals surface area contributed by atoms with E-state index in [0.29, 0.717) is 11.3 Å². The first-order valence-corrected chi connectivity index (χ1v) is 6.89. The Bertz CT molecular complexity index is 790. The van der Waals surface area contributed by atoms with E-state index in [1.54, 1.807) is 13.8 Å². The fourth-order valence-electron chi connectivity index (χ4n) is 2.64. The minimum Gasteiger partial charge on any atom is -0.394 e. The molecule has 9 nitrogen and oxygen atoms in total. The molecule has 0 bridgehead atoms. The molecule has 1 aliphatic heterocycles. The van der Waals surface area contributed by atoms with Crippen molar-refractivity contribution in [3.63, 3.8) is 0 Å². The standard InChI is InChI=1S/C13H17N5O4/c1-5-13(21)18(9-3-7(20)8(4-19)22-9)12-10(15-5)11(14)16-6(2)17-12/h7-9,19-20H,3-4H2,1-2H3,(H2,14,16,17)/t7-,8-,9-/m1/s1. The molecule has 0 unspecified atom stereocenters. The maximum atomic E-state index is 12.5. The third kappa shape index (κ3) is 2.23. The summed E-state index contributed by atoms with van der Waals surface area (Å²) in [6.07, 6.45) is -2.16. The summed E-state index contributed by atoms with van der Waals surface area (Å²) in [4.78, 5) is 24.9. The number of nitrogens with two attached hydrogens (primary N) is 1. The summed E-state index contributed by atoms with van der Waals surface area (Å²) in [7, 11) is 0. The zero-order valence-electron chi connectivity index (χ0n) is 12.2. The van der Waals surface area contributed by atoms with Crippen LogP contribution in [0.4, 0.5) is 5.82 Å². The van der Waals surface area contributed by atoms with Crippen LogP contribution in [0.5, 0.6) is 0 Å². The van der Waals surface area contributed by atoms with Crippen LogP contribution in [0.3, 0.4) is 0 Å². The van der Waals surface area contributed by atoms with Crippen molar-refractivity contribution in [2.45, 2.75) is 38.7 Å². The first-order chi connectivity index (χ1) is 10.4. The fraction of sp³-hybridized carbons (Fsp3) is 0.538. The largest absolute Gasteiger partial charge is 0.394 e. The Morgan fingerprint density at radius 2 is 2.09 bits per heavy atom. The number of rotatable bonds is 2. The average Bonchev–Trinajstić information content (AvgIpc) is 2.82. The van der Waals surface area contributed by atoms with E-state index in [1.807, 2.05) is 0 Å². The molecule has 2 aromatic rings. The van der Waals surface area contributed by atoms with Crippen molar-refractivity contribution in [1.82, 2.24) is 19.5 Å². The summed E-state index contributed by atoms with van der Waals surface area (Å²) in [5.41, 5.74) is 6.30. The van der Waals surface area contributed by atoms with Gasteiger partial charge in [0.05, 0.1) is 12.7 Å². The number of aryl methyl sites for hydroxylation is 2. The minimum atomic E-state index is -0.856. The first kappa shape index (κ1) is 14.8. The summed E-state index contributed by atoms with van der Waals surface area (Å²) in [6.45, 7) is 2.89. The van der Waals surface area contributed by atoms with E-state index >= 15 is 0 Å². The summed E-state index contributed by atoms with van der Waals surface area (Å²) in [5.74, 6) is 0.581. The molecule has 0 aliphatic carbocycles. The third-order valence-electron chi connectivity index (χ3n) is 3.71. The number of fused-ring (bicyclic) bond motifs is 1. The van der Waals surface area contributed by atoms with Gasteiger partial charge in [-0.1, -0.05) is 0 Å². The van der Waals surface area contributed by atoms with Gasteiger partial charge in [-0.05, 0) is 13.8 Å². The van der Waals surface area contributed by atoms with Gasteiger partial charge in [0.1, 0.15) is 29.4 Å². The maximum Gasteiger partial charge on any atom is 0.275 e. The molecule has 4 N–H and O–H groups in total. The van der Waals surface area contributed by atoms with Crippen LogP contribution < -0.4 is 11.3 Å². The lowest BCUT2D eigenvalue weighted by Gasteiger charge is -2.17. The average molecular weight is 307 g/mol. The molecule has 1 fully saturated rings. The lowest BCUT2D eigenvalue weighted by atomic mass is 10.2. The van der Waals surface area contributed by atoms with E-state index in [9.17, 15) is 15.0 Å². The van der Waals surface area contributed by atoms with Gasteiger partial charge in [-0.15, -0.1) is 0 Å². The van der Waals surface area contributed by atoms with Crippen molar-refractivity contribution in [1.29, 1.82) is 0 Å². The van der Waals surface area contributed by atoms with Gasteiger partial charge in [-0.2, -0.15) is 0 Å². The second-order valence-corrected chi connectivity index (χ2v) is 5.32. The van der Waals surface area contributed by atoms with Gasteiger partial charge in [-0.3, -0.25) is 9.36 Å². The van der Waals surface area contributed by atoms with Crippen molar-refractivity contribution < 1.29 is 14.9 Å². The molecular weight excluding hydrogens is 290 g/mol.